The van der Waals surface area contributed by atoms with Gasteiger partial charge in [-0.25, -0.2) is 4.39 Å². The molecule has 2 heterocycles. The third-order valence-corrected chi connectivity index (χ3v) is 7.98. The number of anilines is 1. The van der Waals surface area contributed by atoms with E-state index in [1.807, 2.05) is 24.3 Å². The van der Waals surface area contributed by atoms with E-state index in [1.165, 1.54) is 6.07 Å². The monoisotopic (exact) mass is 563 g/mol. The Hall–Kier alpha value is -3.02. The lowest BCUT2D eigenvalue weighted by Crippen LogP contribution is -2.30. The van der Waals surface area contributed by atoms with Gasteiger partial charge in [-0.2, -0.15) is 0 Å². The lowest BCUT2D eigenvalue weighted by Gasteiger charge is -2.24. The Bertz CT molecular complexity index is 1460. The van der Waals surface area contributed by atoms with Gasteiger partial charge in [-0.1, -0.05) is 43.8 Å². The first-order valence-corrected chi connectivity index (χ1v) is 16.3. The Morgan fingerprint density at radius 1 is 1.17 bits per heavy atom. The molecule has 36 heavy (non-hydrogen) atoms. The average molecular weight is 565 g/mol. The smallest absolute Gasteiger partial charge is 0.245 e. The zero-order valence-corrected chi connectivity index (χ0v) is 23.4. The van der Waals surface area contributed by atoms with E-state index in [0.717, 1.165) is 28.5 Å². The van der Waals surface area contributed by atoms with Crippen LogP contribution in [-0.2, 0) is 11.3 Å². The number of nitrogens with zero attached hydrogens (tertiary/aromatic N) is 3. The fourth-order valence-electron chi connectivity index (χ4n) is 4.01. The molecule has 0 spiro atoms. The Kier molecular flexibility index (Phi) is 6.47. The molecule has 1 fully saturated rings. The highest BCUT2D eigenvalue weighted by molar-refractivity contribution is 9.15. The molecule has 5 rings (SSSR count). The Morgan fingerprint density at radius 2 is 1.94 bits per heavy atom. The first-order chi connectivity index (χ1) is 17.1. The molecule has 2 aliphatic rings. The van der Waals surface area contributed by atoms with E-state index >= 15 is 0 Å². The zero-order chi connectivity index (χ0) is 25.6. The van der Waals surface area contributed by atoms with Crippen LogP contribution in [0.3, 0.4) is 0 Å². The molecule has 0 radical (unpaired) electrons. The maximum Gasteiger partial charge on any atom is 0.245 e. The van der Waals surface area contributed by atoms with Gasteiger partial charge in [0.15, 0.2) is 0 Å². The van der Waals surface area contributed by atoms with E-state index in [0.29, 0.717) is 40.1 Å². The largest absolute Gasteiger partial charge is 0.421 e. The van der Waals surface area contributed by atoms with E-state index in [2.05, 4.69) is 57.2 Å². The van der Waals surface area contributed by atoms with Gasteiger partial charge in [0.05, 0.1) is 18.7 Å². The summed E-state index contributed by atoms with van der Waals surface area (Å²) in [6, 6.07) is 11.0. The molecule has 1 amide bonds. The molecule has 1 aliphatic heterocycles. The molecule has 8 heteroatoms. The van der Waals surface area contributed by atoms with Crippen LogP contribution < -0.4 is 4.90 Å². The Balaban J connectivity index is 1.61. The van der Waals surface area contributed by atoms with Crippen LogP contribution in [0, 0.1) is 24.2 Å². The minimum absolute atomic E-state index is 0.0752. The van der Waals surface area contributed by atoms with Crippen LogP contribution in [0.4, 0.5) is 10.1 Å². The molecule has 184 valence electrons. The van der Waals surface area contributed by atoms with Gasteiger partial charge in [0.2, 0.25) is 17.7 Å². The molecule has 1 saturated carbocycles. The molecule has 3 aromatic rings. The number of aromatic nitrogens is 2. The van der Waals surface area contributed by atoms with Gasteiger partial charge in [0.25, 0.3) is 0 Å². The summed E-state index contributed by atoms with van der Waals surface area (Å²) in [6.45, 7) is 8.53. The van der Waals surface area contributed by atoms with Crippen molar-refractivity contribution >= 4 is 45.7 Å². The number of halogens is 2. The molecule has 1 aliphatic carbocycles. The van der Waals surface area contributed by atoms with Crippen LogP contribution in [0.15, 0.2) is 40.8 Å². The molecule has 0 saturated heterocycles. The van der Waals surface area contributed by atoms with E-state index in [1.54, 1.807) is 17.9 Å². The van der Waals surface area contributed by atoms with Crippen molar-refractivity contribution in [1.82, 2.24) is 10.2 Å². The predicted molar refractivity (Wildman–Crippen MR) is 146 cm³/mol. The Labute approximate surface area is 219 Å². The number of carbonyl (C=O) groups is 1. The molecular weight excluding hydrogens is 537 g/mol. The summed E-state index contributed by atoms with van der Waals surface area (Å²) in [5.74, 6) is 4.17. The first kappa shape index (κ1) is 24.7. The van der Waals surface area contributed by atoms with Crippen molar-refractivity contribution in [3.8, 4) is 11.5 Å². The summed E-state index contributed by atoms with van der Waals surface area (Å²) in [6.07, 6.45) is 2.17. The van der Waals surface area contributed by atoms with E-state index < -0.39 is 8.07 Å². The molecular formula is C28H27BrFN3O2Si. The molecule has 1 aromatic heterocycles. The number of hydrogen-bond donors (Lipinski definition) is 0. The molecule has 0 N–H and O–H groups in total. The van der Waals surface area contributed by atoms with Crippen LogP contribution >= 0.6 is 15.9 Å². The number of carbonyl (C=O) groups excluding carboxylic acids is 1. The van der Waals surface area contributed by atoms with Gasteiger partial charge in [0, 0.05) is 27.1 Å². The van der Waals surface area contributed by atoms with Crippen LogP contribution in [0.5, 0.6) is 0 Å². The van der Waals surface area contributed by atoms with Gasteiger partial charge in [-0.15, -0.1) is 15.7 Å². The van der Waals surface area contributed by atoms with Crippen LogP contribution in [0.2, 0.25) is 19.6 Å². The van der Waals surface area contributed by atoms with Crippen molar-refractivity contribution in [1.29, 1.82) is 0 Å². The Morgan fingerprint density at radius 3 is 2.64 bits per heavy atom. The second-order valence-corrected chi connectivity index (χ2v) is 16.0. The van der Waals surface area contributed by atoms with Crippen molar-refractivity contribution in [2.45, 2.75) is 58.3 Å². The fourth-order valence-corrected chi connectivity index (χ4v) is 5.18. The SMILES string of the molecule is Cc1ccc(CN2C(=O)CC(c3nnc(C4CC4)o3)=C(Br)c3ccc(C#C[Si](C)(C)C)cc32)cc1F. The van der Waals surface area contributed by atoms with E-state index in [9.17, 15) is 9.18 Å². The van der Waals surface area contributed by atoms with Crippen LogP contribution in [-0.4, -0.2) is 24.2 Å². The van der Waals surface area contributed by atoms with Crippen molar-refractivity contribution < 1.29 is 13.6 Å². The highest BCUT2D eigenvalue weighted by Gasteiger charge is 2.33. The average Bonchev–Trinajstić information content (AvgIpc) is 3.58. The van der Waals surface area contributed by atoms with Crippen molar-refractivity contribution in [2.24, 2.45) is 0 Å². The number of aryl methyl sites for hydroxylation is 1. The van der Waals surface area contributed by atoms with Crippen molar-refractivity contribution in [2.75, 3.05) is 4.90 Å². The van der Waals surface area contributed by atoms with Crippen LogP contribution in [0.25, 0.3) is 10.1 Å². The number of benzene rings is 2. The summed E-state index contributed by atoms with van der Waals surface area (Å²) in [5.41, 5.74) is 7.70. The summed E-state index contributed by atoms with van der Waals surface area (Å²) < 4.78 is 21.0. The zero-order valence-electron chi connectivity index (χ0n) is 20.8. The predicted octanol–water partition coefficient (Wildman–Crippen LogP) is 6.82. The topological polar surface area (TPSA) is 59.2 Å². The van der Waals surface area contributed by atoms with Crippen molar-refractivity contribution in [3.05, 3.63) is 76.3 Å². The van der Waals surface area contributed by atoms with Crippen LogP contribution in [0.1, 0.15) is 59.2 Å². The van der Waals surface area contributed by atoms with Crippen molar-refractivity contribution in [3.63, 3.8) is 0 Å². The summed E-state index contributed by atoms with van der Waals surface area (Å²) in [4.78, 5) is 15.4. The second kappa shape index (κ2) is 9.45. The first-order valence-electron chi connectivity index (χ1n) is 12.0. The van der Waals surface area contributed by atoms with Gasteiger partial charge < -0.3 is 9.32 Å². The van der Waals surface area contributed by atoms with E-state index in [4.69, 9.17) is 4.42 Å². The van der Waals surface area contributed by atoms with Gasteiger partial charge in [-0.3, -0.25) is 4.79 Å². The molecule has 0 bridgehead atoms. The minimum atomic E-state index is -1.59. The summed E-state index contributed by atoms with van der Waals surface area (Å²) in [7, 11) is -1.59. The third kappa shape index (κ3) is 5.23. The molecule has 2 aromatic carbocycles. The summed E-state index contributed by atoms with van der Waals surface area (Å²) in [5, 5.41) is 8.48. The quantitative estimate of drug-likeness (QED) is 0.258. The fraction of sp³-hybridized carbons (Fsp3) is 0.321. The van der Waals surface area contributed by atoms with E-state index in [-0.39, 0.29) is 24.7 Å². The van der Waals surface area contributed by atoms with Gasteiger partial charge >= 0.3 is 0 Å². The number of fused-ring (bicyclic) bond motifs is 1. The normalized spacial score (nSPS) is 15.9. The second-order valence-electron chi connectivity index (χ2n) is 10.5. The maximum atomic E-state index is 14.3. The lowest BCUT2D eigenvalue weighted by atomic mass is 10.1. The lowest BCUT2D eigenvalue weighted by molar-refractivity contribution is -0.117. The highest BCUT2D eigenvalue weighted by atomic mass is 79.9. The van der Waals surface area contributed by atoms with Gasteiger partial charge in [0.1, 0.15) is 13.9 Å². The maximum absolute atomic E-state index is 14.3. The highest BCUT2D eigenvalue weighted by Crippen LogP contribution is 2.44. The standard InChI is InChI=1S/C28H27BrFN3O2Si/c1-17-5-6-19(13-23(17)30)16-33-24-14-18(11-12-36(2,3)4)7-10-21(24)26(29)22(15-25(33)34)28-32-31-27(35-28)20-8-9-20/h5-7,10,13-14,20H,8-9,15-16H2,1-4H3. The number of rotatable bonds is 4. The molecule has 0 unspecified atom stereocenters. The van der Waals surface area contributed by atoms with Gasteiger partial charge in [-0.05, 0) is 65.0 Å². The minimum Gasteiger partial charge on any atom is -0.421 e. The number of amides is 1. The molecule has 5 nitrogen and oxygen atoms in total. The third-order valence-electron chi connectivity index (χ3n) is 6.20. The number of hydrogen-bond acceptors (Lipinski definition) is 4. The molecule has 0 atom stereocenters. The summed E-state index contributed by atoms with van der Waals surface area (Å²) >= 11 is 3.74.